The molecule has 1 saturated heterocycles. The molecule has 1 fully saturated rings. The van der Waals surface area contributed by atoms with Crippen LogP contribution in [0.3, 0.4) is 0 Å². The standard InChI is InChI=1S/C30H40N2O5/c1-29(2,3)22-12-13-25(23(18-22)30(4,5)6)37-20-26(33)32-16-15-31-28(35)24(32)19-27(34)36-17-14-21-10-8-7-9-11-21/h7-13,18,24H,14-17,19-20H2,1-6H3,(H,31,35). The highest BCUT2D eigenvalue weighted by Crippen LogP contribution is 2.35. The maximum Gasteiger partial charge on any atom is 0.308 e. The molecule has 0 radical (unpaired) electrons. The Balaban J connectivity index is 1.64. The molecule has 1 unspecified atom stereocenters. The van der Waals surface area contributed by atoms with Crippen molar-refractivity contribution in [2.45, 2.75) is 71.3 Å². The molecule has 0 spiro atoms. The monoisotopic (exact) mass is 508 g/mol. The highest BCUT2D eigenvalue weighted by molar-refractivity contribution is 5.92. The van der Waals surface area contributed by atoms with E-state index >= 15 is 0 Å². The van der Waals surface area contributed by atoms with Crippen molar-refractivity contribution in [1.82, 2.24) is 10.2 Å². The van der Waals surface area contributed by atoms with Crippen LogP contribution in [-0.2, 0) is 36.4 Å². The van der Waals surface area contributed by atoms with E-state index in [4.69, 9.17) is 9.47 Å². The molecule has 1 heterocycles. The Kier molecular flexibility index (Phi) is 9.00. The van der Waals surface area contributed by atoms with Gasteiger partial charge in [0.1, 0.15) is 11.8 Å². The molecule has 0 aliphatic carbocycles. The van der Waals surface area contributed by atoms with Crippen molar-refractivity contribution in [3.63, 3.8) is 0 Å². The summed E-state index contributed by atoms with van der Waals surface area (Å²) >= 11 is 0. The second-order valence-electron chi connectivity index (χ2n) is 11.6. The summed E-state index contributed by atoms with van der Waals surface area (Å²) in [6.07, 6.45) is 0.393. The summed E-state index contributed by atoms with van der Waals surface area (Å²) in [6, 6.07) is 14.9. The lowest BCUT2D eigenvalue weighted by Crippen LogP contribution is -2.58. The quantitative estimate of drug-likeness (QED) is 0.541. The molecular formula is C30H40N2O5. The average molecular weight is 509 g/mol. The van der Waals surface area contributed by atoms with E-state index in [1.807, 2.05) is 42.5 Å². The summed E-state index contributed by atoms with van der Waals surface area (Å²) in [6.45, 7) is 13.4. The molecule has 2 aromatic carbocycles. The number of esters is 1. The van der Waals surface area contributed by atoms with Crippen molar-refractivity contribution in [1.29, 1.82) is 0 Å². The molecular weight excluding hydrogens is 468 g/mol. The van der Waals surface area contributed by atoms with Gasteiger partial charge in [0.05, 0.1) is 13.0 Å². The number of carbonyl (C=O) groups is 3. The number of hydrogen-bond acceptors (Lipinski definition) is 5. The number of carbonyl (C=O) groups excluding carboxylic acids is 3. The Labute approximate surface area is 220 Å². The van der Waals surface area contributed by atoms with Crippen LogP contribution in [0.5, 0.6) is 5.75 Å². The summed E-state index contributed by atoms with van der Waals surface area (Å²) in [5.74, 6) is -0.558. The summed E-state index contributed by atoms with van der Waals surface area (Å²) in [7, 11) is 0. The van der Waals surface area contributed by atoms with Crippen LogP contribution in [0.2, 0.25) is 0 Å². The van der Waals surface area contributed by atoms with Crippen molar-refractivity contribution >= 4 is 17.8 Å². The minimum Gasteiger partial charge on any atom is -0.483 e. The van der Waals surface area contributed by atoms with Gasteiger partial charge in [-0.2, -0.15) is 0 Å². The predicted octanol–water partition coefficient (Wildman–Crippen LogP) is 4.16. The summed E-state index contributed by atoms with van der Waals surface area (Å²) in [5, 5.41) is 2.75. The molecule has 37 heavy (non-hydrogen) atoms. The van der Waals surface area contributed by atoms with E-state index in [1.165, 1.54) is 10.5 Å². The van der Waals surface area contributed by atoms with Crippen molar-refractivity contribution in [2.24, 2.45) is 0 Å². The molecule has 0 saturated carbocycles. The fourth-order valence-electron chi connectivity index (χ4n) is 4.29. The minimum absolute atomic E-state index is 0.0154. The van der Waals surface area contributed by atoms with Crippen molar-refractivity contribution < 1.29 is 23.9 Å². The first kappa shape index (κ1) is 28.2. The van der Waals surface area contributed by atoms with Crippen molar-refractivity contribution in [3.05, 3.63) is 65.2 Å². The molecule has 7 heteroatoms. The first-order chi connectivity index (χ1) is 17.4. The molecule has 0 bridgehead atoms. The van der Waals surface area contributed by atoms with Crippen LogP contribution in [0.15, 0.2) is 48.5 Å². The van der Waals surface area contributed by atoms with E-state index in [2.05, 4.69) is 52.9 Å². The second kappa shape index (κ2) is 11.8. The van der Waals surface area contributed by atoms with E-state index in [1.54, 1.807) is 0 Å². The van der Waals surface area contributed by atoms with Gasteiger partial charge in [-0.05, 0) is 33.6 Å². The Morgan fingerprint density at radius 1 is 1.00 bits per heavy atom. The van der Waals surface area contributed by atoms with Crippen LogP contribution in [0.25, 0.3) is 0 Å². The zero-order chi connectivity index (χ0) is 27.2. The molecule has 1 aliphatic heterocycles. The third-order valence-electron chi connectivity index (χ3n) is 6.51. The lowest BCUT2D eigenvalue weighted by molar-refractivity contribution is -0.152. The van der Waals surface area contributed by atoms with E-state index < -0.39 is 12.0 Å². The zero-order valence-electron chi connectivity index (χ0n) is 22.9. The van der Waals surface area contributed by atoms with E-state index in [0.717, 1.165) is 11.1 Å². The molecule has 2 amide bonds. The number of ether oxygens (including phenoxy) is 2. The SMILES string of the molecule is CC(C)(C)c1ccc(OCC(=O)N2CCNC(=O)C2CC(=O)OCCc2ccccc2)c(C(C)(C)C)c1. The number of hydrogen-bond donors (Lipinski definition) is 1. The Morgan fingerprint density at radius 3 is 2.35 bits per heavy atom. The third kappa shape index (κ3) is 7.81. The lowest BCUT2D eigenvalue weighted by Gasteiger charge is -2.34. The Bertz CT molecular complexity index is 1100. The van der Waals surface area contributed by atoms with E-state index in [9.17, 15) is 14.4 Å². The maximum absolute atomic E-state index is 13.2. The molecule has 1 aliphatic rings. The highest BCUT2D eigenvalue weighted by atomic mass is 16.5. The summed E-state index contributed by atoms with van der Waals surface area (Å²) in [5.41, 5.74) is 3.07. The largest absolute Gasteiger partial charge is 0.483 e. The van der Waals surface area contributed by atoms with Gasteiger partial charge >= 0.3 is 5.97 Å². The number of amides is 2. The van der Waals surface area contributed by atoms with Gasteiger partial charge in [-0.15, -0.1) is 0 Å². The molecule has 7 nitrogen and oxygen atoms in total. The molecule has 200 valence electrons. The molecule has 3 rings (SSSR count). The van der Waals surface area contributed by atoms with Crippen molar-refractivity contribution in [3.8, 4) is 5.75 Å². The van der Waals surface area contributed by atoms with E-state index in [0.29, 0.717) is 25.3 Å². The van der Waals surface area contributed by atoms with Gasteiger partial charge in [-0.1, -0.05) is 84.0 Å². The molecule has 2 aromatic rings. The normalized spacial score (nSPS) is 16.2. The topological polar surface area (TPSA) is 84.9 Å². The van der Waals surface area contributed by atoms with Gasteiger partial charge in [0.25, 0.3) is 5.91 Å². The van der Waals surface area contributed by atoms with Gasteiger partial charge in [-0.25, -0.2) is 0 Å². The van der Waals surface area contributed by atoms with Gasteiger partial charge in [0.2, 0.25) is 5.91 Å². The Hall–Kier alpha value is -3.35. The summed E-state index contributed by atoms with van der Waals surface area (Å²) in [4.78, 5) is 39.7. The summed E-state index contributed by atoms with van der Waals surface area (Å²) < 4.78 is 11.4. The van der Waals surface area contributed by atoms with E-state index in [-0.39, 0.29) is 42.3 Å². The van der Waals surface area contributed by atoms with Crippen LogP contribution >= 0.6 is 0 Å². The first-order valence-electron chi connectivity index (χ1n) is 12.9. The zero-order valence-corrected chi connectivity index (χ0v) is 22.9. The van der Waals surface area contributed by atoms with Crippen LogP contribution < -0.4 is 10.1 Å². The smallest absolute Gasteiger partial charge is 0.308 e. The lowest BCUT2D eigenvalue weighted by atomic mass is 9.80. The van der Waals surface area contributed by atoms with Crippen LogP contribution in [0, 0.1) is 0 Å². The number of nitrogens with one attached hydrogen (secondary N) is 1. The average Bonchev–Trinajstić information content (AvgIpc) is 2.83. The fraction of sp³-hybridized carbons (Fsp3) is 0.500. The van der Waals surface area contributed by atoms with Crippen LogP contribution in [0.4, 0.5) is 0 Å². The maximum atomic E-state index is 13.2. The van der Waals surface area contributed by atoms with Crippen LogP contribution in [-0.4, -0.2) is 55.0 Å². The van der Waals surface area contributed by atoms with Gasteiger partial charge in [0.15, 0.2) is 6.61 Å². The number of benzene rings is 2. The van der Waals surface area contributed by atoms with Gasteiger partial charge in [0, 0.05) is 19.5 Å². The third-order valence-corrected chi connectivity index (χ3v) is 6.51. The highest BCUT2D eigenvalue weighted by Gasteiger charge is 2.35. The van der Waals surface area contributed by atoms with Crippen LogP contribution in [0.1, 0.15) is 64.7 Å². The van der Waals surface area contributed by atoms with Gasteiger partial charge < -0.3 is 19.7 Å². The number of nitrogens with zero attached hydrogens (tertiary/aromatic N) is 1. The Morgan fingerprint density at radius 2 is 1.70 bits per heavy atom. The predicted molar refractivity (Wildman–Crippen MR) is 144 cm³/mol. The van der Waals surface area contributed by atoms with Crippen molar-refractivity contribution in [2.75, 3.05) is 26.3 Å². The minimum atomic E-state index is -0.917. The molecule has 1 N–H and O–H groups in total. The second-order valence-corrected chi connectivity index (χ2v) is 11.6. The molecule has 1 atom stereocenters. The fourth-order valence-corrected chi connectivity index (χ4v) is 4.29. The first-order valence-corrected chi connectivity index (χ1v) is 12.9. The number of piperazine rings is 1. The van der Waals surface area contributed by atoms with Gasteiger partial charge in [-0.3, -0.25) is 14.4 Å². The number of rotatable bonds is 8. The molecule has 0 aromatic heterocycles.